The maximum Gasteiger partial charge on any atom is 0.264 e. The number of hydrogen-bond donors (Lipinski definition) is 1. The molecule has 0 aliphatic heterocycles. The Morgan fingerprint density at radius 1 is 1.27 bits per heavy atom. The highest BCUT2D eigenvalue weighted by atomic mass is 19.1. The van der Waals surface area contributed by atoms with E-state index >= 15 is 0 Å². The second kappa shape index (κ2) is 6.30. The van der Waals surface area contributed by atoms with E-state index in [-0.39, 0.29) is 11.4 Å². The summed E-state index contributed by atoms with van der Waals surface area (Å²) in [5.41, 5.74) is 1.77. The summed E-state index contributed by atoms with van der Waals surface area (Å²) < 4.78 is 20.5. The van der Waals surface area contributed by atoms with Crippen molar-refractivity contribution < 1.29 is 9.13 Å². The molecule has 2 aromatic rings. The number of benzene rings is 1. The van der Waals surface area contributed by atoms with E-state index in [0.29, 0.717) is 36.0 Å². The highest BCUT2D eigenvalue weighted by Crippen LogP contribution is 2.32. The molecule has 1 aliphatic carbocycles. The van der Waals surface area contributed by atoms with Gasteiger partial charge in [0.25, 0.3) is 5.56 Å². The predicted molar refractivity (Wildman–Crippen MR) is 81.7 cm³/mol. The van der Waals surface area contributed by atoms with Crippen LogP contribution in [-0.4, -0.2) is 16.8 Å². The zero-order chi connectivity index (χ0) is 15.5. The van der Waals surface area contributed by atoms with Gasteiger partial charge in [0, 0.05) is 12.5 Å². The summed E-state index contributed by atoms with van der Waals surface area (Å²) in [5.74, 6) is 0.637. The quantitative estimate of drug-likeness (QED) is 0.892. The Bertz CT molecular complexity index is 703. The minimum Gasteiger partial charge on any atom is -0.490 e. The van der Waals surface area contributed by atoms with Gasteiger partial charge in [0.1, 0.15) is 0 Å². The Balaban J connectivity index is 1.85. The van der Waals surface area contributed by atoms with Crippen LogP contribution in [0.2, 0.25) is 0 Å². The number of halogens is 1. The first-order valence-corrected chi connectivity index (χ1v) is 7.65. The van der Waals surface area contributed by atoms with E-state index in [9.17, 15) is 9.18 Å². The Morgan fingerprint density at radius 3 is 2.68 bits per heavy atom. The number of rotatable bonds is 6. The smallest absolute Gasteiger partial charge is 0.264 e. The third-order valence-electron chi connectivity index (χ3n) is 3.91. The van der Waals surface area contributed by atoms with Crippen LogP contribution in [-0.2, 0) is 12.8 Å². The van der Waals surface area contributed by atoms with Crippen LogP contribution in [0.1, 0.15) is 36.6 Å². The topological polar surface area (TPSA) is 55.0 Å². The van der Waals surface area contributed by atoms with E-state index in [0.717, 1.165) is 12.0 Å². The van der Waals surface area contributed by atoms with E-state index in [1.807, 2.05) is 13.0 Å². The number of aryl methyl sites for hydroxylation is 1. The van der Waals surface area contributed by atoms with Gasteiger partial charge in [-0.15, -0.1) is 0 Å². The lowest BCUT2D eigenvalue weighted by atomic mass is 10.0. The summed E-state index contributed by atoms with van der Waals surface area (Å²) in [6.07, 6.45) is 3.40. The van der Waals surface area contributed by atoms with Crippen molar-refractivity contribution in [2.24, 2.45) is 5.92 Å². The van der Waals surface area contributed by atoms with Gasteiger partial charge in [-0.25, -0.2) is 9.49 Å². The van der Waals surface area contributed by atoms with Crippen molar-refractivity contribution >= 4 is 0 Å². The maximum absolute atomic E-state index is 14.7. The van der Waals surface area contributed by atoms with Crippen LogP contribution < -0.4 is 10.3 Å². The highest BCUT2D eigenvalue weighted by Gasteiger charge is 2.24. The Kier molecular flexibility index (Phi) is 4.22. The van der Waals surface area contributed by atoms with Crippen molar-refractivity contribution in [2.75, 3.05) is 6.61 Å². The van der Waals surface area contributed by atoms with E-state index < -0.39 is 0 Å². The van der Waals surface area contributed by atoms with Gasteiger partial charge in [-0.1, -0.05) is 19.1 Å². The molecule has 0 radical (unpaired) electrons. The van der Waals surface area contributed by atoms with Gasteiger partial charge in [-0.05, 0) is 42.4 Å². The lowest BCUT2D eigenvalue weighted by molar-refractivity contribution is 0.281. The normalized spacial score (nSPS) is 14.1. The number of nitrogens with one attached hydrogen (secondary N) is 1. The van der Waals surface area contributed by atoms with Crippen molar-refractivity contribution in [1.29, 1.82) is 0 Å². The average molecular weight is 302 g/mol. The molecule has 0 atom stereocenters. The number of hydrogen-bond acceptors (Lipinski definition) is 3. The number of nitrogens with zero attached hydrogens (tertiary/aromatic N) is 1. The van der Waals surface area contributed by atoms with Crippen molar-refractivity contribution in [3.8, 4) is 5.75 Å². The van der Waals surface area contributed by atoms with E-state index in [2.05, 4.69) is 10.2 Å². The van der Waals surface area contributed by atoms with Gasteiger partial charge >= 0.3 is 0 Å². The van der Waals surface area contributed by atoms with E-state index in [1.54, 1.807) is 12.1 Å². The molecule has 1 aliphatic rings. The summed E-state index contributed by atoms with van der Waals surface area (Å²) in [6.45, 7) is 2.58. The fourth-order valence-corrected chi connectivity index (χ4v) is 2.36. The molecule has 0 saturated heterocycles. The SMILES string of the molecule is CCc1ccc(Cc2ccc(=O)[nH]n2)c(F)c1OCC1CC1. The summed E-state index contributed by atoms with van der Waals surface area (Å²) >= 11 is 0. The molecule has 1 fully saturated rings. The third-order valence-corrected chi connectivity index (χ3v) is 3.91. The largest absolute Gasteiger partial charge is 0.490 e. The van der Waals surface area contributed by atoms with Crippen molar-refractivity contribution in [3.63, 3.8) is 0 Å². The molecule has 0 amide bonds. The molecular formula is C17H19FN2O2. The van der Waals surface area contributed by atoms with Gasteiger partial charge in [-0.3, -0.25) is 4.79 Å². The summed E-state index contributed by atoms with van der Waals surface area (Å²) in [5, 5.41) is 6.29. The average Bonchev–Trinajstić information content (AvgIpc) is 3.34. The summed E-state index contributed by atoms with van der Waals surface area (Å²) in [6, 6.07) is 6.68. The van der Waals surface area contributed by atoms with Crippen molar-refractivity contribution in [2.45, 2.75) is 32.6 Å². The standard InChI is InChI=1S/C17H19FN2O2/c1-2-12-5-6-13(9-14-7-8-15(21)20-19-14)16(18)17(12)22-10-11-3-4-11/h5-8,11H,2-4,9-10H2,1H3,(H,20,21). The van der Waals surface area contributed by atoms with Crippen LogP contribution in [0.3, 0.4) is 0 Å². The number of H-pyrrole nitrogens is 1. The maximum atomic E-state index is 14.7. The molecule has 0 bridgehead atoms. The number of aromatic amines is 1. The Morgan fingerprint density at radius 2 is 2.05 bits per heavy atom. The molecule has 1 aromatic heterocycles. The summed E-state index contributed by atoms with van der Waals surface area (Å²) in [7, 11) is 0. The number of ether oxygens (including phenoxy) is 1. The molecule has 22 heavy (non-hydrogen) atoms. The molecule has 4 nitrogen and oxygen atoms in total. The Hall–Kier alpha value is -2.17. The fraction of sp³-hybridized carbons (Fsp3) is 0.412. The molecule has 0 unspecified atom stereocenters. The molecule has 1 heterocycles. The second-order valence-corrected chi connectivity index (χ2v) is 5.72. The monoisotopic (exact) mass is 302 g/mol. The molecule has 1 saturated carbocycles. The van der Waals surface area contributed by atoms with Crippen LogP contribution >= 0.6 is 0 Å². The van der Waals surface area contributed by atoms with Crippen molar-refractivity contribution in [3.05, 3.63) is 57.3 Å². The molecule has 1 aromatic carbocycles. The molecule has 3 rings (SSSR count). The first kappa shape index (κ1) is 14.8. The molecule has 0 spiro atoms. The highest BCUT2D eigenvalue weighted by molar-refractivity contribution is 5.41. The van der Waals surface area contributed by atoms with Crippen LogP contribution in [0, 0.1) is 11.7 Å². The first-order valence-electron chi connectivity index (χ1n) is 7.65. The van der Waals surface area contributed by atoms with Crippen LogP contribution in [0.25, 0.3) is 0 Å². The fourth-order valence-electron chi connectivity index (χ4n) is 2.36. The third kappa shape index (κ3) is 3.35. The van der Waals surface area contributed by atoms with Crippen LogP contribution in [0.4, 0.5) is 4.39 Å². The molecule has 116 valence electrons. The lowest BCUT2D eigenvalue weighted by Crippen LogP contribution is -2.09. The van der Waals surface area contributed by atoms with Gasteiger partial charge in [0.05, 0.1) is 12.3 Å². The molecular weight excluding hydrogens is 283 g/mol. The zero-order valence-corrected chi connectivity index (χ0v) is 12.6. The van der Waals surface area contributed by atoms with Gasteiger partial charge in [-0.2, -0.15) is 5.10 Å². The number of aromatic nitrogens is 2. The Labute approximate surface area is 128 Å². The predicted octanol–water partition coefficient (Wildman–Crippen LogP) is 2.85. The van der Waals surface area contributed by atoms with E-state index in [1.165, 1.54) is 18.9 Å². The zero-order valence-electron chi connectivity index (χ0n) is 12.6. The van der Waals surface area contributed by atoms with Crippen LogP contribution in [0.15, 0.2) is 29.1 Å². The second-order valence-electron chi connectivity index (χ2n) is 5.72. The summed E-state index contributed by atoms with van der Waals surface area (Å²) in [4.78, 5) is 11.0. The van der Waals surface area contributed by atoms with Crippen molar-refractivity contribution in [1.82, 2.24) is 10.2 Å². The molecule has 1 N–H and O–H groups in total. The van der Waals surface area contributed by atoms with E-state index in [4.69, 9.17) is 4.74 Å². The molecule has 5 heteroatoms. The first-order chi connectivity index (χ1) is 10.7. The van der Waals surface area contributed by atoms with Crippen LogP contribution in [0.5, 0.6) is 5.75 Å². The minimum absolute atomic E-state index is 0.265. The lowest BCUT2D eigenvalue weighted by Gasteiger charge is -2.14. The van der Waals surface area contributed by atoms with Gasteiger partial charge < -0.3 is 4.74 Å². The minimum atomic E-state index is -0.312. The van der Waals surface area contributed by atoms with Gasteiger partial charge in [0.2, 0.25) is 0 Å². The van der Waals surface area contributed by atoms with Gasteiger partial charge in [0.15, 0.2) is 11.6 Å².